The lowest BCUT2D eigenvalue weighted by atomic mass is 9.37. The molecule has 0 bridgehead atoms. The summed E-state index contributed by atoms with van der Waals surface area (Å²) in [6.07, 6.45) is 13.0. The Morgan fingerprint density at radius 1 is 0.909 bits per heavy atom. The Bertz CT molecular complexity index is 931. The molecule has 0 aromatic rings. The number of carboxylic acids is 1. The molecule has 9 atom stereocenters. The van der Waals surface area contributed by atoms with Crippen molar-refractivity contribution < 1.29 is 15.0 Å². The van der Waals surface area contributed by atoms with Gasteiger partial charge in [-0.3, -0.25) is 4.79 Å². The van der Waals surface area contributed by atoms with Gasteiger partial charge in [0.1, 0.15) is 0 Å². The van der Waals surface area contributed by atoms with E-state index in [9.17, 15) is 15.0 Å². The summed E-state index contributed by atoms with van der Waals surface area (Å²) in [7, 11) is 0. The molecule has 6 aliphatic rings. The van der Waals surface area contributed by atoms with Crippen molar-refractivity contribution in [2.24, 2.45) is 56.2 Å². The molecule has 0 aromatic carbocycles. The van der Waals surface area contributed by atoms with E-state index in [1.165, 1.54) is 25.7 Å². The van der Waals surface area contributed by atoms with Crippen LogP contribution in [-0.4, -0.2) is 22.3 Å². The van der Waals surface area contributed by atoms with Gasteiger partial charge in [-0.15, -0.1) is 0 Å². The van der Waals surface area contributed by atoms with Gasteiger partial charge in [0, 0.05) is 0 Å². The number of aliphatic hydroxyl groups excluding tert-OH is 1. The van der Waals surface area contributed by atoms with Crippen LogP contribution in [0.1, 0.15) is 106 Å². The van der Waals surface area contributed by atoms with Crippen LogP contribution in [0.5, 0.6) is 0 Å². The third-order valence-corrected chi connectivity index (χ3v) is 13.2. The fraction of sp³-hybridized carbons (Fsp3) is 0.900. The molecule has 0 aromatic heterocycles. The van der Waals surface area contributed by atoms with Crippen LogP contribution >= 0.6 is 0 Å². The van der Waals surface area contributed by atoms with Crippen molar-refractivity contribution in [1.82, 2.24) is 0 Å². The van der Waals surface area contributed by atoms with Crippen molar-refractivity contribution in [3.63, 3.8) is 0 Å². The van der Waals surface area contributed by atoms with Crippen LogP contribution in [-0.2, 0) is 4.79 Å². The molecule has 5 saturated carbocycles. The molecule has 1 unspecified atom stereocenters. The summed E-state index contributed by atoms with van der Waals surface area (Å²) in [5.41, 5.74) is 2.03. The minimum Gasteiger partial charge on any atom is -0.481 e. The zero-order chi connectivity index (χ0) is 23.8. The summed E-state index contributed by atoms with van der Waals surface area (Å²) >= 11 is 0. The van der Waals surface area contributed by atoms with E-state index in [2.05, 4.69) is 47.6 Å². The summed E-state index contributed by atoms with van der Waals surface area (Å²) in [5.74, 6) is 1.70. The maximum Gasteiger partial charge on any atom is 0.310 e. The van der Waals surface area contributed by atoms with Gasteiger partial charge < -0.3 is 10.2 Å². The quantitative estimate of drug-likeness (QED) is 0.426. The van der Waals surface area contributed by atoms with Crippen molar-refractivity contribution in [3.8, 4) is 0 Å². The second-order valence-electron chi connectivity index (χ2n) is 15.3. The highest BCUT2D eigenvalue weighted by Gasteiger charge is 2.77. The number of carboxylic acid groups (broad SMARTS) is 1. The Kier molecular flexibility index (Phi) is 4.31. The fourth-order valence-electron chi connectivity index (χ4n) is 11.4. The first-order valence-corrected chi connectivity index (χ1v) is 13.9. The van der Waals surface area contributed by atoms with Crippen molar-refractivity contribution >= 4 is 5.97 Å². The summed E-state index contributed by atoms with van der Waals surface area (Å²) in [6, 6.07) is 0. The topological polar surface area (TPSA) is 57.5 Å². The zero-order valence-electron chi connectivity index (χ0n) is 21.8. The normalized spacial score (nSPS) is 55.6. The van der Waals surface area contributed by atoms with E-state index in [0.29, 0.717) is 23.7 Å². The van der Waals surface area contributed by atoms with Gasteiger partial charge in [-0.05, 0) is 115 Å². The summed E-state index contributed by atoms with van der Waals surface area (Å²) in [4.78, 5) is 12.8. The van der Waals surface area contributed by atoms with Gasteiger partial charge in [-0.1, -0.05) is 53.2 Å². The lowest BCUT2D eigenvalue weighted by Gasteiger charge is -2.68. The van der Waals surface area contributed by atoms with E-state index in [1.807, 2.05) is 0 Å². The molecule has 0 amide bonds. The second-order valence-corrected chi connectivity index (χ2v) is 15.3. The van der Waals surface area contributed by atoms with Crippen molar-refractivity contribution in [1.29, 1.82) is 0 Å². The highest BCUT2D eigenvalue weighted by Crippen LogP contribution is 2.83. The Labute approximate surface area is 200 Å². The Morgan fingerprint density at radius 3 is 2.33 bits per heavy atom. The van der Waals surface area contributed by atoms with Crippen LogP contribution in [0.3, 0.4) is 0 Å². The molecule has 184 valence electrons. The molecule has 6 rings (SSSR count). The molecule has 6 aliphatic carbocycles. The van der Waals surface area contributed by atoms with Crippen LogP contribution in [0.15, 0.2) is 11.6 Å². The fourth-order valence-corrected chi connectivity index (χ4v) is 11.4. The smallest absolute Gasteiger partial charge is 0.310 e. The largest absolute Gasteiger partial charge is 0.481 e. The third-order valence-electron chi connectivity index (χ3n) is 13.2. The first-order chi connectivity index (χ1) is 15.2. The molecule has 2 N–H and O–H groups in total. The lowest BCUT2D eigenvalue weighted by Crippen LogP contribution is -2.62. The summed E-state index contributed by atoms with van der Waals surface area (Å²) < 4.78 is 0. The molecule has 0 aliphatic heterocycles. The van der Waals surface area contributed by atoms with E-state index in [0.717, 1.165) is 38.5 Å². The van der Waals surface area contributed by atoms with Crippen molar-refractivity contribution in [3.05, 3.63) is 11.6 Å². The van der Waals surface area contributed by atoms with Crippen LogP contribution in [0.25, 0.3) is 0 Å². The molecule has 1 spiro atoms. The summed E-state index contributed by atoms with van der Waals surface area (Å²) in [6.45, 7) is 14.5. The number of carbonyl (C=O) groups is 1. The number of fused-ring (bicyclic) bond motifs is 5. The Balaban J connectivity index is 1.44. The Hall–Kier alpha value is -0.830. The highest BCUT2D eigenvalue weighted by molar-refractivity contribution is 5.77. The maximum atomic E-state index is 12.8. The average molecular weight is 455 g/mol. The van der Waals surface area contributed by atoms with Gasteiger partial charge in [0.2, 0.25) is 0 Å². The first-order valence-electron chi connectivity index (χ1n) is 13.9. The molecule has 0 heterocycles. The molecule has 33 heavy (non-hydrogen) atoms. The van der Waals surface area contributed by atoms with Gasteiger partial charge in [0.05, 0.1) is 11.5 Å². The minimum atomic E-state index is -0.533. The van der Waals surface area contributed by atoms with Gasteiger partial charge in [-0.2, -0.15) is 0 Å². The van der Waals surface area contributed by atoms with E-state index in [1.54, 1.807) is 5.57 Å². The predicted molar refractivity (Wildman–Crippen MR) is 130 cm³/mol. The minimum absolute atomic E-state index is 0.0147. The Morgan fingerprint density at radius 2 is 1.64 bits per heavy atom. The molecule has 5 fully saturated rings. The molecule has 0 saturated heterocycles. The zero-order valence-corrected chi connectivity index (χ0v) is 21.8. The van der Waals surface area contributed by atoms with Crippen molar-refractivity contribution in [2.45, 2.75) is 112 Å². The van der Waals surface area contributed by atoms with E-state index in [-0.39, 0.29) is 33.2 Å². The van der Waals surface area contributed by atoms with Crippen LogP contribution in [0.2, 0.25) is 0 Å². The van der Waals surface area contributed by atoms with Gasteiger partial charge >= 0.3 is 5.97 Å². The molecule has 3 heteroatoms. The molecular weight excluding hydrogens is 408 g/mol. The predicted octanol–water partition coefficient (Wildman–Crippen LogP) is 6.84. The van der Waals surface area contributed by atoms with E-state index < -0.39 is 11.4 Å². The van der Waals surface area contributed by atoms with Crippen LogP contribution < -0.4 is 0 Å². The second kappa shape index (κ2) is 6.29. The average Bonchev–Trinajstić information content (AvgIpc) is 3.44. The first kappa shape index (κ1) is 22.6. The van der Waals surface area contributed by atoms with Crippen molar-refractivity contribution in [2.75, 3.05) is 0 Å². The van der Waals surface area contributed by atoms with Crippen LogP contribution in [0.4, 0.5) is 0 Å². The maximum absolute atomic E-state index is 12.8. The number of aliphatic hydroxyl groups is 1. The molecular formula is C30H46O3. The number of hydrogen-bond donors (Lipinski definition) is 2. The highest BCUT2D eigenvalue weighted by atomic mass is 16.4. The molecule has 0 radical (unpaired) electrons. The molecule has 3 nitrogen and oxygen atoms in total. The number of allylic oxidation sites excluding steroid dienone is 2. The third kappa shape index (κ3) is 2.54. The summed E-state index contributed by atoms with van der Waals surface area (Å²) in [5, 5.41) is 21.4. The van der Waals surface area contributed by atoms with E-state index in [4.69, 9.17) is 0 Å². The SMILES string of the molecule is CC1(C)CC[C@]2(C(=O)O)CC=C3[C@]4(C[C@H]4C[C@H]4[C@@]3(C)CCC3C(C)(C)[C@@H](O)CC[C@@]34C)[C@@H]2C1. The van der Waals surface area contributed by atoms with Gasteiger partial charge in [0.15, 0.2) is 0 Å². The van der Waals surface area contributed by atoms with Crippen LogP contribution in [0, 0.1) is 56.2 Å². The van der Waals surface area contributed by atoms with Gasteiger partial charge in [-0.25, -0.2) is 0 Å². The standard InChI is InChI=1S/C30H46O3/c1-25(2)13-14-29(24(32)33)12-8-20-28(6)10-7-19-26(3,4)23(31)9-11-27(19,5)21(28)15-18-16-30(18,20)22(29)17-25/h8,18-19,21-23,31H,7,9-17H2,1-6H3,(H,32,33)/t18-,19?,21-,22-,23+,27+,28+,29-,30-/m1/s1. The van der Waals surface area contributed by atoms with E-state index >= 15 is 0 Å². The lowest BCUT2D eigenvalue weighted by molar-refractivity contribution is -0.181. The number of hydrogen-bond acceptors (Lipinski definition) is 2. The number of aliphatic carboxylic acids is 1. The van der Waals surface area contributed by atoms with Gasteiger partial charge in [0.25, 0.3) is 0 Å². The number of rotatable bonds is 1. The monoisotopic (exact) mass is 454 g/mol.